The van der Waals surface area contributed by atoms with Crippen molar-refractivity contribution in [3.8, 4) is 0 Å². The number of ketones is 1. The zero-order chi connectivity index (χ0) is 16.9. The van der Waals surface area contributed by atoms with Gasteiger partial charge in [-0.2, -0.15) is 0 Å². The van der Waals surface area contributed by atoms with E-state index in [2.05, 4.69) is 12.2 Å². The molecule has 24 heavy (non-hydrogen) atoms. The molecular formula is C20H28N2O2. The maximum atomic E-state index is 12.5. The normalized spacial score (nSPS) is 25.3. The molecule has 2 fully saturated rings. The summed E-state index contributed by atoms with van der Waals surface area (Å²) in [5.41, 5.74) is 0.788. The van der Waals surface area contributed by atoms with Crippen LogP contribution < -0.4 is 5.32 Å². The lowest BCUT2D eigenvalue weighted by Gasteiger charge is -2.35. The summed E-state index contributed by atoms with van der Waals surface area (Å²) >= 11 is 0. The average molecular weight is 328 g/mol. The number of nitrogens with one attached hydrogen (secondary N) is 1. The highest BCUT2D eigenvalue weighted by molar-refractivity contribution is 5.97. The molecule has 1 aromatic carbocycles. The van der Waals surface area contributed by atoms with E-state index in [0.29, 0.717) is 25.0 Å². The van der Waals surface area contributed by atoms with Gasteiger partial charge in [0.2, 0.25) is 0 Å². The molecule has 2 atom stereocenters. The fraction of sp³-hybridized carbons (Fsp3) is 0.600. The van der Waals surface area contributed by atoms with E-state index in [1.54, 1.807) is 0 Å². The molecule has 4 nitrogen and oxygen atoms in total. The molecule has 2 unspecified atom stereocenters. The van der Waals surface area contributed by atoms with Crippen LogP contribution in [0.4, 0.5) is 4.79 Å². The summed E-state index contributed by atoms with van der Waals surface area (Å²) in [5.74, 6) is 0.835. The van der Waals surface area contributed by atoms with Crippen molar-refractivity contribution in [2.75, 3.05) is 13.1 Å². The van der Waals surface area contributed by atoms with Crippen LogP contribution in [0.15, 0.2) is 30.3 Å². The van der Waals surface area contributed by atoms with Gasteiger partial charge in [-0.05, 0) is 31.6 Å². The molecule has 4 heteroatoms. The molecule has 130 valence electrons. The summed E-state index contributed by atoms with van der Waals surface area (Å²) in [6, 6.07) is 9.87. The maximum Gasteiger partial charge on any atom is 0.317 e. The summed E-state index contributed by atoms with van der Waals surface area (Å²) in [6.45, 7) is 3.58. The highest BCUT2D eigenvalue weighted by Gasteiger charge is 2.30. The zero-order valence-corrected chi connectivity index (χ0v) is 14.5. The Morgan fingerprint density at radius 2 is 1.67 bits per heavy atom. The van der Waals surface area contributed by atoms with Crippen LogP contribution in [-0.4, -0.2) is 35.8 Å². The van der Waals surface area contributed by atoms with E-state index in [0.717, 1.165) is 24.8 Å². The number of urea groups is 1. The van der Waals surface area contributed by atoms with Crippen molar-refractivity contribution >= 4 is 11.8 Å². The van der Waals surface area contributed by atoms with Crippen molar-refractivity contribution in [1.29, 1.82) is 0 Å². The number of benzene rings is 1. The number of rotatable bonds is 3. The van der Waals surface area contributed by atoms with E-state index in [1.807, 2.05) is 35.2 Å². The second kappa shape index (κ2) is 7.82. The molecule has 1 saturated heterocycles. The third-order valence-corrected chi connectivity index (χ3v) is 5.63. The van der Waals surface area contributed by atoms with Crippen LogP contribution in [0, 0.1) is 11.8 Å². The number of nitrogens with zero attached hydrogens (tertiary/aromatic N) is 1. The van der Waals surface area contributed by atoms with Crippen molar-refractivity contribution in [1.82, 2.24) is 10.2 Å². The highest BCUT2D eigenvalue weighted by atomic mass is 16.2. The molecule has 1 aliphatic carbocycles. The molecule has 0 spiro atoms. The third-order valence-electron chi connectivity index (χ3n) is 5.63. The van der Waals surface area contributed by atoms with E-state index >= 15 is 0 Å². The van der Waals surface area contributed by atoms with Gasteiger partial charge in [-0.25, -0.2) is 4.79 Å². The van der Waals surface area contributed by atoms with Crippen molar-refractivity contribution in [2.45, 2.75) is 51.5 Å². The fourth-order valence-electron chi connectivity index (χ4n) is 3.96. The van der Waals surface area contributed by atoms with Gasteiger partial charge in [0.25, 0.3) is 0 Å². The van der Waals surface area contributed by atoms with E-state index in [-0.39, 0.29) is 17.7 Å². The molecule has 1 heterocycles. The van der Waals surface area contributed by atoms with Gasteiger partial charge in [0.05, 0.1) is 0 Å². The number of hydrogen-bond donors (Lipinski definition) is 1. The summed E-state index contributed by atoms with van der Waals surface area (Å²) in [7, 11) is 0. The number of Topliss-reactive ketones (excluding diaryl/α,β-unsaturated/α-hetero) is 1. The second-order valence-corrected chi connectivity index (χ2v) is 7.31. The van der Waals surface area contributed by atoms with Crippen molar-refractivity contribution in [2.24, 2.45) is 11.8 Å². The SMILES string of the molecule is CC1CCCCC1NC(=O)N1CCC(C(=O)c2ccccc2)CC1. The van der Waals surface area contributed by atoms with Crippen molar-refractivity contribution < 1.29 is 9.59 Å². The van der Waals surface area contributed by atoms with Gasteiger partial charge in [0, 0.05) is 30.6 Å². The minimum atomic E-state index is 0.0463. The summed E-state index contributed by atoms with van der Waals surface area (Å²) < 4.78 is 0. The molecule has 1 aliphatic heterocycles. The molecule has 0 radical (unpaired) electrons. The lowest BCUT2D eigenvalue weighted by atomic mass is 9.86. The van der Waals surface area contributed by atoms with Gasteiger partial charge in [0.15, 0.2) is 5.78 Å². The molecule has 1 N–H and O–H groups in total. The molecule has 2 amide bonds. The lowest BCUT2D eigenvalue weighted by molar-refractivity contribution is 0.0851. The lowest BCUT2D eigenvalue weighted by Crippen LogP contribution is -2.50. The molecule has 1 saturated carbocycles. The Bertz CT molecular complexity index is 564. The molecule has 0 bridgehead atoms. The third kappa shape index (κ3) is 3.97. The number of carbonyl (C=O) groups excluding carboxylic acids is 2. The summed E-state index contributed by atoms with van der Waals surface area (Å²) in [4.78, 5) is 26.9. The topological polar surface area (TPSA) is 49.4 Å². The Balaban J connectivity index is 1.49. The van der Waals surface area contributed by atoms with Crippen molar-refractivity contribution in [3.63, 3.8) is 0 Å². The van der Waals surface area contributed by atoms with Crippen LogP contribution in [0.1, 0.15) is 55.8 Å². The smallest absolute Gasteiger partial charge is 0.317 e. The van der Waals surface area contributed by atoms with Gasteiger partial charge in [-0.15, -0.1) is 0 Å². The van der Waals surface area contributed by atoms with Gasteiger partial charge in [-0.3, -0.25) is 4.79 Å². The van der Waals surface area contributed by atoms with Gasteiger partial charge in [0.1, 0.15) is 0 Å². The van der Waals surface area contributed by atoms with Crippen LogP contribution >= 0.6 is 0 Å². The fourth-order valence-corrected chi connectivity index (χ4v) is 3.96. The Hall–Kier alpha value is -1.84. The Labute approximate surface area is 144 Å². The predicted molar refractivity (Wildman–Crippen MR) is 95.0 cm³/mol. The van der Waals surface area contributed by atoms with Crippen LogP contribution in [-0.2, 0) is 0 Å². The van der Waals surface area contributed by atoms with E-state index in [4.69, 9.17) is 0 Å². The first-order valence-electron chi connectivity index (χ1n) is 9.30. The largest absolute Gasteiger partial charge is 0.335 e. The minimum absolute atomic E-state index is 0.0463. The molecule has 2 aliphatic rings. The first kappa shape index (κ1) is 17.0. The monoisotopic (exact) mass is 328 g/mol. The van der Waals surface area contributed by atoms with E-state index in [1.165, 1.54) is 19.3 Å². The highest BCUT2D eigenvalue weighted by Crippen LogP contribution is 2.25. The average Bonchev–Trinajstić information content (AvgIpc) is 2.64. The Morgan fingerprint density at radius 1 is 1.00 bits per heavy atom. The van der Waals surface area contributed by atoms with Crippen LogP contribution in [0.3, 0.4) is 0 Å². The number of piperidine rings is 1. The maximum absolute atomic E-state index is 12.5. The molecule has 3 rings (SSSR count). The van der Waals surface area contributed by atoms with E-state index in [9.17, 15) is 9.59 Å². The molecule has 0 aromatic heterocycles. The Kier molecular flexibility index (Phi) is 5.54. The zero-order valence-electron chi connectivity index (χ0n) is 14.5. The van der Waals surface area contributed by atoms with E-state index < -0.39 is 0 Å². The van der Waals surface area contributed by atoms with Crippen LogP contribution in [0.25, 0.3) is 0 Å². The number of likely N-dealkylation sites (tertiary alicyclic amines) is 1. The first-order chi connectivity index (χ1) is 11.6. The number of amides is 2. The van der Waals surface area contributed by atoms with Crippen LogP contribution in [0.2, 0.25) is 0 Å². The second-order valence-electron chi connectivity index (χ2n) is 7.31. The Morgan fingerprint density at radius 3 is 2.33 bits per heavy atom. The van der Waals surface area contributed by atoms with Crippen molar-refractivity contribution in [3.05, 3.63) is 35.9 Å². The first-order valence-corrected chi connectivity index (χ1v) is 9.30. The van der Waals surface area contributed by atoms with Gasteiger partial charge >= 0.3 is 6.03 Å². The quantitative estimate of drug-likeness (QED) is 0.856. The standard InChI is InChI=1S/C20H28N2O2/c1-15-7-5-6-10-18(15)21-20(24)22-13-11-17(12-14-22)19(23)16-8-3-2-4-9-16/h2-4,8-9,15,17-18H,5-7,10-14H2,1H3,(H,21,24). The van der Waals surface area contributed by atoms with Gasteiger partial charge in [-0.1, -0.05) is 50.1 Å². The molecular weight excluding hydrogens is 300 g/mol. The minimum Gasteiger partial charge on any atom is -0.335 e. The predicted octanol–water partition coefficient (Wildman–Crippen LogP) is 3.87. The summed E-state index contributed by atoms with van der Waals surface area (Å²) in [6.07, 6.45) is 6.32. The molecule has 1 aromatic rings. The summed E-state index contributed by atoms with van der Waals surface area (Å²) in [5, 5.41) is 3.22. The number of carbonyl (C=O) groups is 2. The van der Waals surface area contributed by atoms with Gasteiger partial charge < -0.3 is 10.2 Å². The number of hydrogen-bond acceptors (Lipinski definition) is 2. The van der Waals surface area contributed by atoms with Crippen LogP contribution in [0.5, 0.6) is 0 Å².